The Bertz CT molecular complexity index is 240. The standard InChI is InChI=1S/C9H12N2O2/c10-5-8-13-9(12)11-6-3-1-2-4-7-11/h1-4,6-7H,5,8,10H2. The maximum absolute atomic E-state index is 11.2. The first kappa shape index (κ1) is 9.54. The fourth-order valence-electron chi connectivity index (χ4n) is 0.805. The van der Waals surface area contributed by atoms with Gasteiger partial charge in [0.05, 0.1) is 0 Å². The summed E-state index contributed by atoms with van der Waals surface area (Å²) >= 11 is 0. The minimum Gasteiger partial charge on any atom is -0.448 e. The van der Waals surface area contributed by atoms with Crippen molar-refractivity contribution in [1.29, 1.82) is 0 Å². The van der Waals surface area contributed by atoms with Gasteiger partial charge in [-0.05, 0) is 12.2 Å². The highest BCUT2D eigenvalue weighted by Crippen LogP contribution is 2.00. The van der Waals surface area contributed by atoms with E-state index in [0.717, 1.165) is 0 Å². The monoisotopic (exact) mass is 180 g/mol. The van der Waals surface area contributed by atoms with E-state index in [1.165, 1.54) is 4.90 Å². The van der Waals surface area contributed by atoms with Gasteiger partial charge in [-0.1, -0.05) is 12.2 Å². The molecule has 0 atom stereocenters. The van der Waals surface area contributed by atoms with Crippen LogP contribution in [0.15, 0.2) is 36.7 Å². The minimum atomic E-state index is -0.415. The summed E-state index contributed by atoms with van der Waals surface area (Å²) in [5, 5.41) is 0. The zero-order valence-electron chi connectivity index (χ0n) is 7.22. The summed E-state index contributed by atoms with van der Waals surface area (Å²) in [6.45, 7) is 0.579. The summed E-state index contributed by atoms with van der Waals surface area (Å²) in [5.41, 5.74) is 5.19. The van der Waals surface area contributed by atoms with E-state index in [1.54, 1.807) is 24.6 Å². The van der Waals surface area contributed by atoms with E-state index in [0.29, 0.717) is 6.54 Å². The average molecular weight is 180 g/mol. The highest BCUT2D eigenvalue weighted by atomic mass is 16.6. The number of ether oxygens (including phenoxy) is 1. The van der Waals surface area contributed by atoms with Crippen LogP contribution in [0.2, 0.25) is 0 Å². The molecule has 1 amide bonds. The van der Waals surface area contributed by atoms with Crippen LogP contribution in [-0.4, -0.2) is 24.1 Å². The largest absolute Gasteiger partial charge is 0.448 e. The zero-order valence-corrected chi connectivity index (χ0v) is 7.22. The molecule has 2 N–H and O–H groups in total. The molecule has 4 nitrogen and oxygen atoms in total. The molecule has 4 heteroatoms. The lowest BCUT2D eigenvalue weighted by atomic mass is 10.5. The molecule has 0 radical (unpaired) electrons. The van der Waals surface area contributed by atoms with E-state index in [4.69, 9.17) is 10.5 Å². The summed E-state index contributed by atoms with van der Waals surface area (Å²) in [7, 11) is 0. The van der Waals surface area contributed by atoms with Crippen molar-refractivity contribution in [2.45, 2.75) is 0 Å². The Hall–Kier alpha value is -1.55. The van der Waals surface area contributed by atoms with Crippen LogP contribution in [0.5, 0.6) is 0 Å². The van der Waals surface area contributed by atoms with Gasteiger partial charge in [0.2, 0.25) is 0 Å². The molecule has 70 valence electrons. The van der Waals surface area contributed by atoms with Crippen LogP contribution < -0.4 is 5.73 Å². The highest BCUT2D eigenvalue weighted by Gasteiger charge is 2.07. The van der Waals surface area contributed by atoms with Crippen molar-refractivity contribution in [3.63, 3.8) is 0 Å². The van der Waals surface area contributed by atoms with E-state index < -0.39 is 6.09 Å². The molecule has 0 saturated carbocycles. The van der Waals surface area contributed by atoms with Crippen molar-refractivity contribution in [3.8, 4) is 0 Å². The summed E-state index contributed by atoms with van der Waals surface area (Å²) in [6, 6.07) is 0. The van der Waals surface area contributed by atoms with Gasteiger partial charge in [0.25, 0.3) is 0 Å². The molecule has 0 spiro atoms. The van der Waals surface area contributed by atoms with Crippen molar-refractivity contribution in [2.75, 3.05) is 13.2 Å². The van der Waals surface area contributed by atoms with Crippen LogP contribution in [-0.2, 0) is 4.74 Å². The number of hydrogen-bond acceptors (Lipinski definition) is 3. The number of rotatable bonds is 2. The number of nitrogens with two attached hydrogens (primary N) is 1. The van der Waals surface area contributed by atoms with Crippen LogP contribution in [0.25, 0.3) is 0 Å². The van der Waals surface area contributed by atoms with Gasteiger partial charge >= 0.3 is 6.09 Å². The first-order valence-corrected chi connectivity index (χ1v) is 4.01. The van der Waals surface area contributed by atoms with E-state index in [1.807, 2.05) is 12.2 Å². The Morgan fingerprint density at radius 3 is 2.38 bits per heavy atom. The molecule has 0 aliphatic carbocycles. The SMILES string of the molecule is NCCOC(=O)N1C=CC=CC=C1. The number of allylic oxidation sites excluding steroid dienone is 4. The van der Waals surface area contributed by atoms with E-state index in [-0.39, 0.29) is 6.61 Å². The molecule has 1 aliphatic rings. The Balaban J connectivity index is 2.47. The molecule has 13 heavy (non-hydrogen) atoms. The van der Waals surface area contributed by atoms with Crippen molar-refractivity contribution in [2.24, 2.45) is 5.73 Å². The second-order valence-electron chi connectivity index (χ2n) is 2.38. The smallest absolute Gasteiger partial charge is 0.417 e. The lowest BCUT2D eigenvalue weighted by Crippen LogP contribution is -2.23. The number of hydrogen-bond donors (Lipinski definition) is 1. The van der Waals surface area contributed by atoms with Crippen LogP contribution in [0.4, 0.5) is 4.79 Å². The topological polar surface area (TPSA) is 55.6 Å². The summed E-state index contributed by atoms with van der Waals surface area (Å²) in [5.74, 6) is 0. The molecule has 0 bridgehead atoms. The third-order valence-electron chi connectivity index (χ3n) is 1.38. The van der Waals surface area contributed by atoms with Gasteiger partial charge in [-0.2, -0.15) is 0 Å². The fourth-order valence-corrected chi connectivity index (χ4v) is 0.805. The summed E-state index contributed by atoms with van der Waals surface area (Å²) < 4.78 is 4.82. The Kier molecular flexibility index (Phi) is 3.78. The lowest BCUT2D eigenvalue weighted by molar-refractivity contribution is 0.131. The number of nitrogens with zero attached hydrogens (tertiary/aromatic N) is 1. The van der Waals surface area contributed by atoms with E-state index in [2.05, 4.69) is 0 Å². The van der Waals surface area contributed by atoms with Gasteiger partial charge in [0.1, 0.15) is 6.61 Å². The fraction of sp³-hybridized carbons (Fsp3) is 0.222. The molecule has 0 aromatic carbocycles. The molecular formula is C9H12N2O2. The van der Waals surface area contributed by atoms with Crippen molar-refractivity contribution in [3.05, 3.63) is 36.7 Å². The average Bonchev–Trinajstić information content (AvgIpc) is 2.42. The first-order valence-electron chi connectivity index (χ1n) is 4.01. The summed E-state index contributed by atoms with van der Waals surface area (Å²) in [6.07, 6.45) is 9.99. The second-order valence-corrected chi connectivity index (χ2v) is 2.38. The third kappa shape index (κ3) is 3.13. The quantitative estimate of drug-likeness (QED) is 0.689. The van der Waals surface area contributed by atoms with Crippen molar-refractivity contribution < 1.29 is 9.53 Å². The van der Waals surface area contributed by atoms with Gasteiger partial charge in [-0.25, -0.2) is 4.79 Å². The maximum atomic E-state index is 11.2. The number of carbonyl (C=O) groups excluding carboxylic acids is 1. The van der Waals surface area contributed by atoms with E-state index >= 15 is 0 Å². The third-order valence-corrected chi connectivity index (χ3v) is 1.38. The highest BCUT2D eigenvalue weighted by molar-refractivity contribution is 5.70. The second kappa shape index (κ2) is 5.16. The molecule has 0 aromatic heterocycles. The van der Waals surface area contributed by atoms with Crippen molar-refractivity contribution >= 4 is 6.09 Å². The van der Waals surface area contributed by atoms with Gasteiger partial charge in [-0.15, -0.1) is 0 Å². The van der Waals surface area contributed by atoms with Crippen LogP contribution in [0, 0.1) is 0 Å². The predicted octanol–water partition coefficient (Wildman–Crippen LogP) is 0.981. The van der Waals surface area contributed by atoms with E-state index in [9.17, 15) is 4.79 Å². The number of amides is 1. The molecule has 0 aromatic rings. The van der Waals surface area contributed by atoms with Crippen LogP contribution in [0.3, 0.4) is 0 Å². The zero-order chi connectivity index (χ0) is 9.52. The molecule has 0 saturated heterocycles. The van der Waals surface area contributed by atoms with Crippen LogP contribution in [0.1, 0.15) is 0 Å². The predicted molar refractivity (Wildman–Crippen MR) is 49.7 cm³/mol. The van der Waals surface area contributed by atoms with Gasteiger partial charge < -0.3 is 10.5 Å². The normalized spacial score (nSPS) is 14.4. The van der Waals surface area contributed by atoms with Gasteiger partial charge in [0.15, 0.2) is 0 Å². The molecule has 1 heterocycles. The summed E-state index contributed by atoms with van der Waals surface area (Å²) in [4.78, 5) is 12.6. The molecule has 0 fully saturated rings. The Morgan fingerprint density at radius 1 is 1.23 bits per heavy atom. The maximum Gasteiger partial charge on any atom is 0.417 e. The molecule has 0 unspecified atom stereocenters. The lowest BCUT2D eigenvalue weighted by Gasteiger charge is -2.11. The van der Waals surface area contributed by atoms with Gasteiger partial charge in [0, 0.05) is 18.9 Å². The number of carbonyl (C=O) groups is 1. The van der Waals surface area contributed by atoms with Gasteiger partial charge in [-0.3, -0.25) is 4.90 Å². The Labute approximate surface area is 77.0 Å². The van der Waals surface area contributed by atoms with Crippen molar-refractivity contribution in [1.82, 2.24) is 4.90 Å². The Morgan fingerprint density at radius 2 is 1.85 bits per heavy atom. The van der Waals surface area contributed by atoms with Crippen LogP contribution >= 0.6 is 0 Å². The first-order chi connectivity index (χ1) is 6.34. The molecule has 1 rings (SSSR count). The molecule has 1 aliphatic heterocycles. The molecular weight excluding hydrogens is 168 g/mol. The minimum absolute atomic E-state index is 0.241.